The number of rotatable bonds is 8. The molecule has 0 heterocycles. The number of amides is 2. The summed E-state index contributed by atoms with van der Waals surface area (Å²) in [6.07, 6.45) is 3.65. The van der Waals surface area contributed by atoms with Crippen molar-refractivity contribution in [1.29, 1.82) is 0 Å². The highest BCUT2D eigenvalue weighted by molar-refractivity contribution is 6.10. The minimum Gasteiger partial charge on any atom is -0.345 e. The summed E-state index contributed by atoms with van der Waals surface area (Å²) in [5.74, 6) is -0.382. The zero-order chi connectivity index (χ0) is 18.3. The highest BCUT2D eigenvalue weighted by Gasteiger charge is 2.38. The number of nitrogens with zero attached hydrogens (tertiary/aromatic N) is 1. The molecule has 134 valence electrons. The molecule has 0 aliphatic rings. The van der Waals surface area contributed by atoms with Crippen LogP contribution in [-0.2, 0) is 22.4 Å². The van der Waals surface area contributed by atoms with Crippen molar-refractivity contribution in [1.82, 2.24) is 4.90 Å². The van der Waals surface area contributed by atoms with Crippen molar-refractivity contribution in [2.45, 2.75) is 60.3 Å². The molecule has 4 heteroatoms. The molecule has 0 unspecified atom stereocenters. The van der Waals surface area contributed by atoms with Gasteiger partial charge in [-0.05, 0) is 44.2 Å². The lowest BCUT2D eigenvalue weighted by Crippen LogP contribution is -2.46. The van der Waals surface area contributed by atoms with E-state index in [1.54, 1.807) is 25.8 Å². The van der Waals surface area contributed by atoms with Crippen molar-refractivity contribution in [3.05, 3.63) is 29.3 Å². The fourth-order valence-corrected chi connectivity index (χ4v) is 2.74. The van der Waals surface area contributed by atoms with E-state index in [1.165, 1.54) is 0 Å². The maximum atomic E-state index is 12.8. The first-order valence-electron chi connectivity index (χ1n) is 8.97. The molecule has 0 spiro atoms. The molecule has 1 aromatic rings. The molecule has 1 rings (SSSR count). The molecule has 1 aromatic carbocycles. The van der Waals surface area contributed by atoms with Crippen LogP contribution in [-0.4, -0.2) is 30.3 Å². The van der Waals surface area contributed by atoms with Crippen LogP contribution in [0.1, 0.15) is 58.6 Å². The molecule has 0 atom stereocenters. The summed E-state index contributed by atoms with van der Waals surface area (Å²) < 4.78 is 0. The molecule has 0 aromatic heterocycles. The predicted octanol–water partition coefficient (Wildman–Crippen LogP) is 4.03. The van der Waals surface area contributed by atoms with Gasteiger partial charge in [0, 0.05) is 19.3 Å². The number of unbranched alkanes of at least 4 members (excludes halogenated alkanes) is 1. The summed E-state index contributed by atoms with van der Waals surface area (Å²) in [5.41, 5.74) is 1.98. The first kappa shape index (κ1) is 20.2. The Labute approximate surface area is 146 Å². The highest BCUT2D eigenvalue weighted by atomic mass is 16.2. The smallest absolute Gasteiger partial charge is 0.239 e. The Morgan fingerprint density at radius 1 is 1.08 bits per heavy atom. The second kappa shape index (κ2) is 8.86. The molecule has 0 radical (unpaired) electrons. The zero-order valence-corrected chi connectivity index (χ0v) is 16.0. The van der Waals surface area contributed by atoms with E-state index in [4.69, 9.17) is 0 Å². The maximum absolute atomic E-state index is 12.8. The lowest BCUT2D eigenvalue weighted by Gasteiger charge is -2.29. The summed E-state index contributed by atoms with van der Waals surface area (Å²) in [7, 11) is 1.77. The first-order valence-corrected chi connectivity index (χ1v) is 8.97. The van der Waals surface area contributed by atoms with Crippen molar-refractivity contribution in [2.75, 3.05) is 18.9 Å². The van der Waals surface area contributed by atoms with Crippen molar-refractivity contribution in [3.63, 3.8) is 0 Å². The Morgan fingerprint density at radius 3 is 2.08 bits per heavy atom. The van der Waals surface area contributed by atoms with Gasteiger partial charge in [0.2, 0.25) is 11.8 Å². The Kier molecular flexibility index (Phi) is 7.46. The van der Waals surface area contributed by atoms with Gasteiger partial charge in [-0.3, -0.25) is 9.59 Å². The number of aryl methyl sites for hydroxylation is 2. The zero-order valence-electron chi connectivity index (χ0n) is 16.0. The number of anilines is 1. The quantitative estimate of drug-likeness (QED) is 0.731. The molecule has 0 aliphatic heterocycles. The van der Waals surface area contributed by atoms with Crippen LogP contribution in [0.2, 0.25) is 0 Å². The second-order valence-electron chi connectivity index (χ2n) is 6.82. The van der Waals surface area contributed by atoms with Crippen molar-refractivity contribution in [2.24, 2.45) is 5.41 Å². The summed E-state index contributed by atoms with van der Waals surface area (Å²) in [4.78, 5) is 27.2. The van der Waals surface area contributed by atoms with E-state index in [0.29, 0.717) is 6.54 Å². The molecule has 0 saturated heterocycles. The molecule has 0 bridgehead atoms. The van der Waals surface area contributed by atoms with Crippen LogP contribution < -0.4 is 5.32 Å². The van der Waals surface area contributed by atoms with Gasteiger partial charge in [0.1, 0.15) is 5.41 Å². The molecule has 0 saturated carbocycles. The van der Waals surface area contributed by atoms with Crippen LogP contribution >= 0.6 is 0 Å². The average molecular weight is 332 g/mol. The van der Waals surface area contributed by atoms with E-state index in [-0.39, 0.29) is 11.8 Å². The van der Waals surface area contributed by atoms with E-state index < -0.39 is 5.41 Å². The van der Waals surface area contributed by atoms with Gasteiger partial charge in [-0.15, -0.1) is 0 Å². The second-order valence-corrected chi connectivity index (χ2v) is 6.82. The molecule has 24 heavy (non-hydrogen) atoms. The molecular formula is C20H32N2O2. The molecule has 4 nitrogen and oxygen atoms in total. The fourth-order valence-electron chi connectivity index (χ4n) is 2.74. The number of benzene rings is 1. The van der Waals surface area contributed by atoms with Gasteiger partial charge < -0.3 is 10.2 Å². The van der Waals surface area contributed by atoms with Crippen LogP contribution in [0.5, 0.6) is 0 Å². The van der Waals surface area contributed by atoms with Crippen LogP contribution in [0, 0.1) is 5.41 Å². The SMILES string of the molecule is CCCCN(C)C(=O)C(C)(C)C(=O)Nc1c(CC)cccc1CC. The van der Waals surface area contributed by atoms with E-state index >= 15 is 0 Å². The van der Waals surface area contributed by atoms with Crippen LogP contribution in [0.4, 0.5) is 5.69 Å². The molecule has 2 amide bonds. The normalized spacial score (nSPS) is 11.2. The van der Waals surface area contributed by atoms with Crippen molar-refractivity contribution in [3.8, 4) is 0 Å². The monoisotopic (exact) mass is 332 g/mol. The summed E-state index contributed by atoms with van der Waals surface area (Å²) in [6.45, 7) is 10.3. The lowest BCUT2D eigenvalue weighted by atomic mass is 9.89. The number of carbonyl (C=O) groups is 2. The average Bonchev–Trinajstić information content (AvgIpc) is 2.58. The van der Waals surface area contributed by atoms with E-state index in [1.807, 2.05) is 18.2 Å². The Hall–Kier alpha value is -1.84. The number of para-hydroxylation sites is 1. The Bertz CT molecular complexity index is 557. The van der Waals surface area contributed by atoms with Gasteiger partial charge in [0.05, 0.1) is 0 Å². The first-order chi connectivity index (χ1) is 11.3. The molecular weight excluding hydrogens is 300 g/mol. The highest BCUT2D eigenvalue weighted by Crippen LogP contribution is 2.27. The van der Waals surface area contributed by atoms with Gasteiger partial charge in [0.25, 0.3) is 0 Å². The predicted molar refractivity (Wildman–Crippen MR) is 100 cm³/mol. The van der Waals surface area contributed by atoms with E-state index in [0.717, 1.165) is 42.5 Å². The van der Waals surface area contributed by atoms with Crippen LogP contribution in [0.25, 0.3) is 0 Å². The Balaban J connectivity index is 2.99. The topological polar surface area (TPSA) is 49.4 Å². The third kappa shape index (κ3) is 4.59. The van der Waals surface area contributed by atoms with E-state index in [2.05, 4.69) is 26.1 Å². The van der Waals surface area contributed by atoms with Gasteiger partial charge in [-0.1, -0.05) is 45.4 Å². The standard InChI is InChI=1S/C20H32N2O2/c1-7-10-14-22(6)19(24)20(4,5)18(23)21-17-15(8-2)12-11-13-16(17)9-3/h11-13H,7-10,14H2,1-6H3,(H,21,23). The molecule has 1 N–H and O–H groups in total. The lowest BCUT2D eigenvalue weighted by molar-refractivity contribution is -0.145. The van der Waals surface area contributed by atoms with Gasteiger partial charge in [-0.2, -0.15) is 0 Å². The van der Waals surface area contributed by atoms with E-state index in [9.17, 15) is 9.59 Å². The van der Waals surface area contributed by atoms with Gasteiger partial charge in [0.15, 0.2) is 0 Å². The maximum Gasteiger partial charge on any atom is 0.239 e. The van der Waals surface area contributed by atoms with Crippen LogP contribution in [0.3, 0.4) is 0 Å². The van der Waals surface area contributed by atoms with Gasteiger partial charge in [-0.25, -0.2) is 0 Å². The van der Waals surface area contributed by atoms with Gasteiger partial charge >= 0.3 is 0 Å². The third-order valence-electron chi connectivity index (χ3n) is 4.53. The van der Waals surface area contributed by atoms with Crippen molar-refractivity contribution < 1.29 is 9.59 Å². The largest absolute Gasteiger partial charge is 0.345 e. The number of carbonyl (C=O) groups excluding carboxylic acids is 2. The number of hydrogen-bond donors (Lipinski definition) is 1. The van der Waals surface area contributed by atoms with Crippen LogP contribution in [0.15, 0.2) is 18.2 Å². The molecule has 0 aliphatic carbocycles. The fraction of sp³-hybridized carbons (Fsp3) is 0.600. The number of nitrogens with one attached hydrogen (secondary N) is 1. The summed E-state index contributed by atoms with van der Waals surface area (Å²) in [6, 6.07) is 6.07. The summed E-state index contributed by atoms with van der Waals surface area (Å²) in [5, 5.41) is 3.03. The minimum absolute atomic E-state index is 0.138. The third-order valence-corrected chi connectivity index (χ3v) is 4.53. The minimum atomic E-state index is -1.09. The van der Waals surface area contributed by atoms with Crippen molar-refractivity contribution >= 4 is 17.5 Å². The molecule has 0 fully saturated rings. The Morgan fingerprint density at radius 2 is 1.62 bits per heavy atom. The summed E-state index contributed by atoms with van der Waals surface area (Å²) >= 11 is 0. The number of hydrogen-bond acceptors (Lipinski definition) is 2.